The Hall–Kier alpha value is -0.860. The Kier molecular flexibility index (Phi) is 5.00. The molecule has 0 radical (unpaired) electrons. The third-order valence-corrected chi connectivity index (χ3v) is 4.69. The topological polar surface area (TPSA) is 29.3 Å². The monoisotopic (exact) mass is 260 g/mol. The van der Waals surface area contributed by atoms with Crippen molar-refractivity contribution in [3.05, 3.63) is 35.9 Å². The lowest BCUT2D eigenvalue weighted by molar-refractivity contribution is 0.113. The average Bonchev–Trinajstić information content (AvgIpc) is 2.40. The van der Waals surface area contributed by atoms with Gasteiger partial charge < -0.3 is 5.73 Å². The molecule has 2 N–H and O–H groups in total. The Balaban J connectivity index is 1.98. The maximum Gasteiger partial charge on any atom is 0.0250 e. The predicted octanol–water partition coefficient (Wildman–Crippen LogP) is 3.27. The van der Waals surface area contributed by atoms with Gasteiger partial charge in [-0.3, -0.25) is 4.90 Å². The van der Waals surface area contributed by atoms with E-state index in [1.807, 2.05) is 0 Å². The van der Waals surface area contributed by atoms with E-state index < -0.39 is 0 Å². The molecule has 0 spiro atoms. The van der Waals surface area contributed by atoms with E-state index in [-0.39, 0.29) is 0 Å². The first kappa shape index (κ1) is 14.5. The van der Waals surface area contributed by atoms with Crippen LogP contribution in [0.25, 0.3) is 0 Å². The van der Waals surface area contributed by atoms with Crippen LogP contribution in [-0.2, 0) is 6.54 Å². The van der Waals surface area contributed by atoms with Crippen LogP contribution in [0.3, 0.4) is 0 Å². The second kappa shape index (κ2) is 6.53. The third-order valence-electron chi connectivity index (χ3n) is 4.69. The molecule has 2 heteroatoms. The molecule has 2 rings (SSSR count). The fourth-order valence-electron chi connectivity index (χ4n) is 3.30. The number of rotatable bonds is 4. The summed E-state index contributed by atoms with van der Waals surface area (Å²) in [5.41, 5.74) is 7.73. The summed E-state index contributed by atoms with van der Waals surface area (Å²) in [7, 11) is 2.22. The van der Waals surface area contributed by atoms with Gasteiger partial charge in [-0.05, 0) is 43.7 Å². The van der Waals surface area contributed by atoms with E-state index in [1.54, 1.807) is 0 Å². The van der Waals surface area contributed by atoms with Crippen LogP contribution < -0.4 is 5.73 Å². The standard InChI is InChI=1S/C17H28N2/c1-13(2)15-9-10-16(18)17(11-15)19(3)12-14-7-5-4-6-8-14/h4-8,13,15-17H,9-12,18H2,1-3H3. The van der Waals surface area contributed by atoms with E-state index in [1.165, 1.54) is 24.8 Å². The predicted molar refractivity (Wildman–Crippen MR) is 81.9 cm³/mol. The molecular formula is C17H28N2. The Morgan fingerprint density at radius 3 is 2.53 bits per heavy atom. The molecule has 1 aliphatic rings. The first-order valence-corrected chi connectivity index (χ1v) is 7.57. The molecule has 3 unspecified atom stereocenters. The van der Waals surface area contributed by atoms with E-state index in [2.05, 4.69) is 56.1 Å². The number of hydrogen-bond acceptors (Lipinski definition) is 2. The summed E-state index contributed by atoms with van der Waals surface area (Å²) in [5, 5.41) is 0. The lowest BCUT2D eigenvalue weighted by Gasteiger charge is -2.41. The van der Waals surface area contributed by atoms with Gasteiger partial charge in [0.15, 0.2) is 0 Å². The largest absolute Gasteiger partial charge is 0.326 e. The van der Waals surface area contributed by atoms with Crippen LogP contribution in [-0.4, -0.2) is 24.0 Å². The molecule has 0 aliphatic heterocycles. The maximum absolute atomic E-state index is 6.35. The van der Waals surface area contributed by atoms with Crippen molar-refractivity contribution in [2.45, 2.75) is 51.7 Å². The highest BCUT2D eigenvalue weighted by Gasteiger charge is 2.31. The third kappa shape index (κ3) is 3.80. The molecule has 1 aliphatic carbocycles. The Morgan fingerprint density at radius 2 is 1.89 bits per heavy atom. The zero-order valence-corrected chi connectivity index (χ0v) is 12.5. The van der Waals surface area contributed by atoms with E-state index in [4.69, 9.17) is 5.73 Å². The first-order valence-electron chi connectivity index (χ1n) is 7.57. The minimum absolute atomic E-state index is 0.337. The number of nitrogens with two attached hydrogens (primary N) is 1. The van der Waals surface area contributed by atoms with E-state index in [9.17, 15) is 0 Å². The summed E-state index contributed by atoms with van der Waals surface area (Å²) < 4.78 is 0. The second-order valence-corrected chi connectivity index (χ2v) is 6.45. The zero-order chi connectivity index (χ0) is 13.8. The number of benzene rings is 1. The molecule has 0 bridgehead atoms. The van der Waals surface area contributed by atoms with Crippen molar-refractivity contribution in [2.75, 3.05) is 7.05 Å². The van der Waals surface area contributed by atoms with Crippen molar-refractivity contribution in [2.24, 2.45) is 17.6 Å². The quantitative estimate of drug-likeness (QED) is 0.900. The molecule has 0 saturated heterocycles. The Morgan fingerprint density at radius 1 is 1.21 bits per heavy atom. The minimum Gasteiger partial charge on any atom is -0.326 e. The summed E-state index contributed by atoms with van der Waals surface area (Å²) in [6, 6.07) is 11.6. The fourth-order valence-corrected chi connectivity index (χ4v) is 3.30. The van der Waals surface area contributed by atoms with E-state index >= 15 is 0 Å². The second-order valence-electron chi connectivity index (χ2n) is 6.45. The molecule has 0 heterocycles. The summed E-state index contributed by atoms with van der Waals surface area (Å²) in [4.78, 5) is 2.45. The van der Waals surface area contributed by atoms with Gasteiger partial charge in [0.2, 0.25) is 0 Å². The van der Waals surface area contributed by atoms with Gasteiger partial charge in [0, 0.05) is 18.6 Å². The number of likely N-dealkylation sites (N-methyl/N-ethyl adjacent to an activating group) is 1. The molecular weight excluding hydrogens is 232 g/mol. The molecule has 1 fully saturated rings. The van der Waals surface area contributed by atoms with Gasteiger partial charge in [-0.15, -0.1) is 0 Å². The summed E-state index contributed by atoms with van der Waals surface area (Å²) >= 11 is 0. The fraction of sp³-hybridized carbons (Fsp3) is 0.647. The lowest BCUT2D eigenvalue weighted by Crippen LogP contribution is -2.50. The number of hydrogen-bond donors (Lipinski definition) is 1. The molecule has 1 aromatic rings. The van der Waals surface area contributed by atoms with E-state index in [0.29, 0.717) is 12.1 Å². The zero-order valence-electron chi connectivity index (χ0n) is 12.5. The minimum atomic E-state index is 0.337. The Bertz CT molecular complexity index is 374. The SMILES string of the molecule is CC(C)C1CCC(N)C(N(C)Cc2ccccc2)C1. The van der Waals surface area contributed by atoms with Crippen LogP contribution >= 0.6 is 0 Å². The van der Waals surface area contributed by atoms with Crippen molar-refractivity contribution in [3.63, 3.8) is 0 Å². The average molecular weight is 260 g/mol. The summed E-state index contributed by atoms with van der Waals surface area (Å²) in [5.74, 6) is 1.61. The molecule has 0 amide bonds. The molecule has 2 nitrogen and oxygen atoms in total. The summed E-state index contributed by atoms with van der Waals surface area (Å²) in [6.07, 6.45) is 3.73. The van der Waals surface area contributed by atoms with E-state index in [0.717, 1.165) is 18.4 Å². The van der Waals surface area contributed by atoms with Crippen molar-refractivity contribution < 1.29 is 0 Å². The maximum atomic E-state index is 6.35. The first-order chi connectivity index (χ1) is 9.08. The van der Waals surface area contributed by atoms with Crippen molar-refractivity contribution >= 4 is 0 Å². The molecule has 19 heavy (non-hydrogen) atoms. The molecule has 106 valence electrons. The van der Waals surface area contributed by atoms with Crippen molar-refractivity contribution in [3.8, 4) is 0 Å². The van der Waals surface area contributed by atoms with Gasteiger partial charge in [0.05, 0.1) is 0 Å². The van der Waals surface area contributed by atoms with Crippen LogP contribution in [0.4, 0.5) is 0 Å². The van der Waals surface area contributed by atoms with Gasteiger partial charge in [-0.2, -0.15) is 0 Å². The van der Waals surface area contributed by atoms with Crippen LogP contribution in [0.1, 0.15) is 38.7 Å². The smallest absolute Gasteiger partial charge is 0.0250 e. The van der Waals surface area contributed by atoms with Crippen molar-refractivity contribution in [1.82, 2.24) is 4.90 Å². The van der Waals surface area contributed by atoms with Gasteiger partial charge in [0.1, 0.15) is 0 Å². The molecule has 0 aromatic heterocycles. The normalized spacial score (nSPS) is 28.0. The molecule has 3 atom stereocenters. The van der Waals surface area contributed by atoms with Gasteiger partial charge >= 0.3 is 0 Å². The van der Waals surface area contributed by atoms with Gasteiger partial charge in [-0.25, -0.2) is 0 Å². The van der Waals surface area contributed by atoms with Crippen molar-refractivity contribution in [1.29, 1.82) is 0 Å². The Labute approximate surface area is 118 Å². The molecule has 1 aromatic carbocycles. The molecule has 1 saturated carbocycles. The highest BCUT2D eigenvalue weighted by molar-refractivity contribution is 5.14. The van der Waals surface area contributed by atoms with Crippen LogP contribution in [0.5, 0.6) is 0 Å². The summed E-state index contributed by atoms with van der Waals surface area (Å²) in [6.45, 7) is 5.69. The number of nitrogens with zero attached hydrogens (tertiary/aromatic N) is 1. The van der Waals surface area contributed by atoms with Gasteiger partial charge in [0.25, 0.3) is 0 Å². The highest BCUT2D eigenvalue weighted by Crippen LogP contribution is 2.32. The van der Waals surface area contributed by atoms with Crippen LogP contribution in [0, 0.1) is 11.8 Å². The van der Waals surface area contributed by atoms with Gasteiger partial charge in [-0.1, -0.05) is 44.2 Å². The van der Waals surface area contributed by atoms with Crippen LogP contribution in [0.15, 0.2) is 30.3 Å². The van der Waals surface area contributed by atoms with Crippen LogP contribution in [0.2, 0.25) is 0 Å². The lowest BCUT2D eigenvalue weighted by atomic mass is 9.76. The highest BCUT2D eigenvalue weighted by atomic mass is 15.1.